The summed E-state index contributed by atoms with van der Waals surface area (Å²) in [5.74, 6) is 0.723. The molecule has 1 aromatic rings. The zero-order valence-electron chi connectivity index (χ0n) is 9.87. The molecule has 0 aromatic carbocycles. The van der Waals surface area contributed by atoms with E-state index in [1.54, 1.807) is 13.2 Å². The Labute approximate surface area is 105 Å². The summed E-state index contributed by atoms with van der Waals surface area (Å²) in [6.45, 7) is 3.02. The van der Waals surface area contributed by atoms with Crippen molar-refractivity contribution in [2.75, 3.05) is 25.0 Å². The minimum Gasteiger partial charge on any atom is -0.382 e. The molecule has 2 N–H and O–H groups in total. The third kappa shape index (κ3) is 2.98. The van der Waals surface area contributed by atoms with Gasteiger partial charge in [0.05, 0.1) is 11.9 Å². The minimum atomic E-state index is -0.265. The first-order valence-electron chi connectivity index (χ1n) is 5.85. The molecule has 94 valence electrons. The number of aryl methyl sites for hydroxylation is 1. The molecule has 0 amide bonds. The molecule has 2 rings (SSSR count). The Morgan fingerprint density at radius 2 is 2.53 bits per heavy atom. The van der Waals surface area contributed by atoms with E-state index >= 15 is 0 Å². The number of hydrogen-bond acceptors (Lipinski definition) is 4. The average molecular weight is 257 g/mol. The highest BCUT2D eigenvalue weighted by molar-refractivity contribution is 6.32. The van der Waals surface area contributed by atoms with Crippen LogP contribution in [0.5, 0.6) is 0 Å². The standard InChI is InChI=1S/C11H17ClN4O/c1-16-11(17)10(12)9(7-15-16)14-5-3-8-2-4-13-6-8/h7-8,13-14H,2-6H2,1H3. The van der Waals surface area contributed by atoms with Crippen LogP contribution in [0.1, 0.15) is 12.8 Å². The van der Waals surface area contributed by atoms with Crippen molar-refractivity contribution in [3.05, 3.63) is 21.6 Å². The summed E-state index contributed by atoms with van der Waals surface area (Å²) < 4.78 is 1.23. The van der Waals surface area contributed by atoms with Crippen molar-refractivity contribution >= 4 is 17.3 Å². The molecule has 1 saturated heterocycles. The Bertz CT molecular complexity index is 440. The molecule has 1 aromatic heterocycles. The van der Waals surface area contributed by atoms with Gasteiger partial charge in [0, 0.05) is 13.6 Å². The molecule has 1 aliphatic heterocycles. The molecule has 0 bridgehead atoms. The first-order valence-corrected chi connectivity index (χ1v) is 6.22. The van der Waals surface area contributed by atoms with Crippen LogP contribution in [0.3, 0.4) is 0 Å². The van der Waals surface area contributed by atoms with Gasteiger partial charge < -0.3 is 10.6 Å². The van der Waals surface area contributed by atoms with Gasteiger partial charge >= 0.3 is 0 Å². The molecule has 0 spiro atoms. The van der Waals surface area contributed by atoms with Gasteiger partial charge in [-0.2, -0.15) is 5.10 Å². The van der Waals surface area contributed by atoms with Crippen LogP contribution >= 0.6 is 11.6 Å². The molecule has 17 heavy (non-hydrogen) atoms. The maximum atomic E-state index is 11.5. The van der Waals surface area contributed by atoms with Gasteiger partial charge in [0.1, 0.15) is 5.02 Å². The number of aromatic nitrogens is 2. The molecular formula is C11H17ClN4O. The maximum Gasteiger partial charge on any atom is 0.287 e. The van der Waals surface area contributed by atoms with Crippen LogP contribution in [0.2, 0.25) is 5.02 Å². The van der Waals surface area contributed by atoms with E-state index in [-0.39, 0.29) is 10.6 Å². The van der Waals surface area contributed by atoms with Crippen LogP contribution in [0.25, 0.3) is 0 Å². The Hall–Kier alpha value is -1.07. The van der Waals surface area contributed by atoms with Gasteiger partial charge in [-0.15, -0.1) is 0 Å². The van der Waals surface area contributed by atoms with Crippen LogP contribution in [-0.2, 0) is 7.05 Å². The smallest absolute Gasteiger partial charge is 0.287 e. The summed E-state index contributed by atoms with van der Waals surface area (Å²) in [4.78, 5) is 11.5. The summed E-state index contributed by atoms with van der Waals surface area (Å²) in [7, 11) is 1.59. The van der Waals surface area contributed by atoms with Gasteiger partial charge in [-0.05, 0) is 31.8 Å². The van der Waals surface area contributed by atoms with E-state index in [1.807, 2.05) is 0 Å². The Morgan fingerprint density at radius 3 is 3.24 bits per heavy atom. The summed E-state index contributed by atoms with van der Waals surface area (Å²) in [5.41, 5.74) is 0.361. The number of nitrogens with one attached hydrogen (secondary N) is 2. The summed E-state index contributed by atoms with van der Waals surface area (Å²) >= 11 is 5.95. The van der Waals surface area contributed by atoms with E-state index in [1.165, 1.54) is 11.1 Å². The van der Waals surface area contributed by atoms with E-state index in [4.69, 9.17) is 11.6 Å². The van der Waals surface area contributed by atoms with Crippen molar-refractivity contribution in [2.24, 2.45) is 13.0 Å². The molecular weight excluding hydrogens is 240 g/mol. The topological polar surface area (TPSA) is 59.0 Å². The van der Waals surface area contributed by atoms with Crippen molar-refractivity contribution in [3.63, 3.8) is 0 Å². The van der Waals surface area contributed by atoms with Gasteiger partial charge in [-0.1, -0.05) is 11.6 Å². The van der Waals surface area contributed by atoms with Crippen LogP contribution in [-0.4, -0.2) is 29.4 Å². The Balaban J connectivity index is 1.90. The average Bonchev–Trinajstić information content (AvgIpc) is 2.82. The van der Waals surface area contributed by atoms with Gasteiger partial charge in [-0.25, -0.2) is 4.68 Å². The molecule has 0 aliphatic carbocycles. The second-order valence-corrected chi connectivity index (χ2v) is 4.75. The molecule has 1 unspecified atom stereocenters. The molecule has 1 atom stereocenters. The quantitative estimate of drug-likeness (QED) is 0.839. The summed E-state index contributed by atoms with van der Waals surface area (Å²) in [6.07, 6.45) is 3.90. The third-order valence-electron chi connectivity index (χ3n) is 3.11. The molecule has 2 heterocycles. The zero-order chi connectivity index (χ0) is 12.3. The number of anilines is 1. The first-order chi connectivity index (χ1) is 8.18. The number of halogens is 1. The Kier molecular flexibility index (Phi) is 4.02. The van der Waals surface area contributed by atoms with E-state index in [2.05, 4.69) is 15.7 Å². The lowest BCUT2D eigenvalue weighted by molar-refractivity contribution is 0.549. The molecule has 5 nitrogen and oxygen atoms in total. The first kappa shape index (κ1) is 12.4. The van der Waals surface area contributed by atoms with Crippen LogP contribution in [0.15, 0.2) is 11.0 Å². The van der Waals surface area contributed by atoms with E-state index in [0.717, 1.165) is 32.0 Å². The SMILES string of the molecule is Cn1ncc(NCCC2CCNC2)c(Cl)c1=O. The van der Waals surface area contributed by atoms with Gasteiger partial charge in [0.2, 0.25) is 0 Å². The van der Waals surface area contributed by atoms with Gasteiger partial charge in [0.25, 0.3) is 5.56 Å². The fourth-order valence-corrected chi connectivity index (χ4v) is 2.24. The summed E-state index contributed by atoms with van der Waals surface area (Å²) in [5, 5.41) is 10.7. The second-order valence-electron chi connectivity index (χ2n) is 4.38. The fraction of sp³-hybridized carbons (Fsp3) is 0.636. The molecule has 0 radical (unpaired) electrons. The number of rotatable bonds is 4. The van der Waals surface area contributed by atoms with Crippen LogP contribution in [0.4, 0.5) is 5.69 Å². The maximum absolute atomic E-state index is 11.5. The van der Waals surface area contributed by atoms with Crippen molar-refractivity contribution in [1.82, 2.24) is 15.1 Å². The van der Waals surface area contributed by atoms with E-state index < -0.39 is 0 Å². The second kappa shape index (κ2) is 5.51. The van der Waals surface area contributed by atoms with Crippen LogP contribution < -0.4 is 16.2 Å². The van der Waals surface area contributed by atoms with E-state index in [0.29, 0.717) is 5.69 Å². The van der Waals surface area contributed by atoms with E-state index in [9.17, 15) is 4.79 Å². The lowest BCUT2D eigenvalue weighted by Crippen LogP contribution is -2.21. The van der Waals surface area contributed by atoms with Crippen molar-refractivity contribution in [1.29, 1.82) is 0 Å². The highest BCUT2D eigenvalue weighted by Gasteiger charge is 2.14. The highest BCUT2D eigenvalue weighted by atomic mass is 35.5. The molecule has 6 heteroatoms. The van der Waals surface area contributed by atoms with Gasteiger partial charge in [0.15, 0.2) is 0 Å². The Morgan fingerprint density at radius 1 is 1.71 bits per heavy atom. The lowest BCUT2D eigenvalue weighted by Gasteiger charge is -2.11. The largest absolute Gasteiger partial charge is 0.382 e. The third-order valence-corrected chi connectivity index (χ3v) is 3.47. The highest BCUT2D eigenvalue weighted by Crippen LogP contribution is 2.17. The van der Waals surface area contributed by atoms with Crippen molar-refractivity contribution in [2.45, 2.75) is 12.8 Å². The van der Waals surface area contributed by atoms with Crippen molar-refractivity contribution < 1.29 is 0 Å². The number of nitrogens with zero attached hydrogens (tertiary/aromatic N) is 2. The van der Waals surface area contributed by atoms with Gasteiger partial charge in [-0.3, -0.25) is 4.79 Å². The normalized spacial score (nSPS) is 19.5. The fourth-order valence-electron chi connectivity index (χ4n) is 2.01. The zero-order valence-corrected chi connectivity index (χ0v) is 10.6. The van der Waals surface area contributed by atoms with Crippen LogP contribution in [0, 0.1) is 5.92 Å². The monoisotopic (exact) mass is 256 g/mol. The molecule has 0 saturated carbocycles. The minimum absolute atomic E-state index is 0.215. The summed E-state index contributed by atoms with van der Waals surface area (Å²) in [6, 6.07) is 0. The lowest BCUT2D eigenvalue weighted by atomic mass is 10.1. The van der Waals surface area contributed by atoms with Crippen molar-refractivity contribution in [3.8, 4) is 0 Å². The molecule has 1 fully saturated rings. The number of hydrogen-bond donors (Lipinski definition) is 2. The molecule has 1 aliphatic rings. The predicted octanol–water partition coefficient (Wildman–Crippen LogP) is 0.845. The predicted molar refractivity (Wildman–Crippen MR) is 68.6 cm³/mol.